The molecular formula is C17H28ClN3O2S. The second-order valence-corrected chi connectivity index (χ2v) is 8.33. The first kappa shape index (κ1) is 19.7. The van der Waals surface area contributed by atoms with Gasteiger partial charge in [0.05, 0.1) is 0 Å². The van der Waals surface area contributed by atoms with Crippen molar-refractivity contribution in [2.45, 2.75) is 45.2 Å². The Hall–Kier alpha value is -0.660. The van der Waals surface area contributed by atoms with E-state index in [9.17, 15) is 8.42 Å². The van der Waals surface area contributed by atoms with Crippen LogP contribution in [-0.2, 0) is 23.2 Å². The van der Waals surface area contributed by atoms with E-state index in [0.29, 0.717) is 19.6 Å². The van der Waals surface area contributed by atoms with E-state index in [0.717, 1.165) is 44.3 Å². The zero-order valence-corrected chi connectivity index (χ0v) is 15.9. The van der Waals surface area contributed by atoms with Crippen molar-refractivity contribution in [3.8, 4) is 0 Å². The minimum atomic E-state index is -3.39. The molecule has 2 heterocycles. The molecular weight excluding hydrogens is 346 g/mol. The van der Waals surface area contributed by atoms with Gasteiger partial charge in [0.1, 0.15) is 0 Å². The maximum Gasteiger partial charge on any atom is 0.282 e. The summed E-state index contributed by atoms with van der Waals surface area (Å²) in [5.41, 5.74) is 2.42. The van der Waals surface area contributed by atoms with Crippen molar-refractivity contribution >= 4 is 22.6 Å². The molecule has 3 rings (SSSR count). The third-order valence-electron chi connectivity index (χ3n) is 4.88. The first-order valence-electron chi connectivity index (χ1n) is 8.67. The van der Waals surface area contributed by atoms with E-state index in [4.69, 9.17) is 0 Å². The van der Waals surface area contributed by atoms with E-state index < -0.39 is 10.2 Å². The van der Waals surface area contributed by atoms with Gasteiger partial charge in [-0.1, -0.05) is 31.2 Å². The summed E-state index contributed by atoms with van der Waals surface area (Å²) in [6.07, 6.45) is 3.47. The SMILES string of the molecule is CCCN(C1CCNCC1)S(=O)(=O)N1CCc2ccccc2C1.Cl. The van der Waals surface area contributed by atoms with Crippen LogP contribution in [0.3, 0.4) is 0 Å². The van der Waals surface area contributed by atoms with Crippen LogP contribution in [0.25, 0.3) is 0 Å². The molecule has 0 atom stereocenters. The maximum atomic E-state index is 13.2. The average molecular weight is 374 g/mol. The predicted molar refractivity (Wildman–Crippen MR) is 99.6 cm³/mol. The molecule has 0 saturated carbocycles. The zero-order chi connectivity index (χ0) is 16.3. The van der Waals surface area contributed by atoms with E-state index in [1.165, 1.54) is 5.56 Å². The standard InChI is InChI=1S/C17H27N3O2S.ClH/c1-2-12-20(17-7-10-18-11-8-17)23(21,22)19-13-9-15-5-3-4-6-16(15)14-19;/h3-6,17-18H,2,7-14H2,1H3;1H. The molecule has 0 unspecified atom stereocenters. The number of hydrogen-bond donors (Lipinski definition) is 1. The molecule has 1 aromatic rings. The van der Waals surface area contributed by atoms with E-state index >= 15 is 0 Å². The molecule has 1 N–H and O–H groups in total. The molecule has 2 aliphatic heterocycles. The van der Waals surface area contributed by atoms with E-state index in [1.807, 2.05) is 18.2 Å². The molecule has 1 saturated heterocycles. The van der Waals surface area contributed by atoms with Gasteiger partial charge in [0.2, 0.25) is 0 Å². The Morgan fingerprint density at radius 2 is 1.88 bits per heavy atom. The molecule has 1 fully saturated rings. The van der Waals surface area contributed by atoms with Crippen LogP contribution in [0, 0.1) is 0 Å². The lowest BCUT2D eigenvalue weighted by Crippen LogP contribution is -2.52. The molecule has 0 amide bonds. The summed E-state index contributed by atoms with van der Waals surface area (Å²) < 4.78 is 29.9. The number of halogens is 1. The maximum absolute atomic E-state index is 13.2. The lowest BCUT2D eigenvalue weighted by molar-refractivity contribution is 0.237. The first-order chi connectivity index (χ1) is 11.1. The molecule has 1 aromatic carbocycles. The van der Waals surface area contributed by atoms with Crippen LogP contribution in [-0.4, -0.2) is 49.2 Å². The second-order valence-electron chi connectivity index (χ2n) is 6.45. The van der Waals surface area contributed by atoms with Crippen LogP contribution in [0.1, 0.15) is 37.3 Å². The van der Waals surface area contributed by atoms with Gasteiger partial charge in [0.15, 0.2) is 0 Å². The Labute approximate surface area is 152 Å². The molecule has 0 spiro atoms. The molecule has 5 nitrogen and oxygen atoms in total. The van der Waals surface area contributed by atoms with Gasteiger partial charge in [-0.15, -0.1) is 12.4 Å². The van der Waals surface area contributed by atoms with E-state index in [2.05, 4.69) is 18.3 Å². The highest BCUT2D eigenvalue weighted by atomic mass is 35.5. The fourth-order valence-electron chi connectivity index (χ4n) is 3.62. The minimum absolute atomic E-state index is 0. The third-order valence-corrected chi connectivity index (χ3v) is 6.92. The Kier molecular flexibility index (Phi) is 7.07. The summed E-state index contributed by atoms with van der Waals surface area (Å²) in [5, 5.41) is 3.32. The number of nitrogens with zero attached hydrogens (tertiary/aromatic N) is 2. The van der Waals surface area contributed by atoms with E-state index in [1.54, 1.807) is 8.61 Å². The van der Waals surface area contributed by atoms with Crippen molar-refractivity contribution in [3.05, 3.63) is 35.4 Å². The van der Waals surface area contributed by atoms with Crippen LogP contribution in [0.4, 0.5) is 0 Å². The monoisotopic (exact) mass is 373 g/mol. The lowest BCUT2D eigenvalue weighted by Gasteiger charge is -2.38. The Morgan fingerprint density at radius 3 is 2.54 bits per heavy atom. The largest absolute Gasteiger partial charge is 0.317 e. The number of piperidine rings is 1. The van der Waals surface area contributed by atoms with Crippen molar-refractivity contribution in [1.29, 1.82) is 0 Å². The van der Waals surface area contributed by atoms with Gasteiger partial charge in [-0.25, -0.2) is 0 Å². The van der Waals surface area contributed by atoms with Gasteiger partial charge in [-0.2, -0.15) is 17.0 Å². The van der Waals surface area contributed by atoms with Crippen molar-refractivity contribution in [2.75, 3.05) is 26.2 Å². The number of hydrogen-bond acceptors (Lipinski definition) is 3. The van der Waals surface area contributed by atoms with Crippen LogP contribution >= 0.6 is 12.4 Å². The summed E-state index contributed by atoms with van der Waals surface area (Å²) in [6, 6.07) is 8.31. The van der Waals surface area contributed by atoms with Crippen LogP contribution < -0.4 is 5.32 Å². The van der Waals surface area contributed by atoms with Gasteiger partial charge in [-0.05, 0) is 49.9 Å². The Bertz CT molecular complexity index is 632. The summed E-state index contributed by atoms with van der Waals surface area (Å²) in [7, 11) is -3.39. The fourth-order valence-corrected chi connectivity index (χ4v) is 5.54. The van der Waals surface area contributed by atoms with Crippen molar-refractivity contribution < 1.29 is 8.42 Å². The second kappa shape index (κ2) is 8.63. The van der Waals surface area contributed by atoms with Gasteiger partial charge in [-0.3, -0.25) is 0 Å². The summed E-state index contributed by atoms with van der Waals surface area (Å²) >= 11 is 0. The summed E-state index contributed by atoms with van der Waals surface area (Å²) in [6.45, 7) is 5.57. The molecule has 0 radical (unpaired) electrons. The molecule has 0 aliphatic carbocycles. The first-order valence-corrected chi connectivity index (χ1v) is 10.1. The quantitative estimate of drug-likeness (QED) is 0.860. The Balaban J connectivity index is 0.00000208. The Morgan fingerprint density at radius 1 is 1.21 bits per heavy atom. The van der Waals surface area contributed by atoms with Crippen molar-refractivity contribution in [1.82, 2.24) is 13.9 Å². The smallest absolute Gasteiger partial charge is 0.282 e. The van der Waals surface area contributed by atoms with Crippen LogP contribution in [0.15, 0.2) is 24.3 Å². The topological polar surface area (TPSA) is 52.7 Å². The van der Waals surface area contributed by atoms with Gasteiger partial charge in [0, 0.05) is 25.7 Å². The summed E-state index contributed by atoms with van der Waals surface area (Å²) in [5.74, 6) is 0. The molecule has 0 aromatic heterocycles. The number of fused-ring (bicyclic) bond motifs is 1. The summed E-state index contributed by atoms with van der Waals surface area (Å²) in [4.78, 5) is 0. The highest BCUT2D eigenvalue weighted by Crippen LogP contribution is 2.25. The molecule has 136 valence electrons. The van der Waals surface area contributed by atoms with Crippen molar-refractivity contribution in [3.63, 3.8) is 0 Å². The molecule has 2 aliphatic rings. The van der Waals surface area contributed by atoms with Gasteiger partial charge >= 0.3 is 0 Å². The van der Waals surface area contributed by atoms with Gasteiger partial charge in [0.25, 0.3) is 10.2 Å². The lowest BCUT2D eigenvalue weighted by atomic mass is 10.0. The number of benzene rings is 1. The van der Waals surface area contributed by atoms with Crippen molar-refractivity contribution in [2.24, 2.45) is 0 Å². The highest BCUT2D eigenvalue weighted by molar-refractivity contribution is 7.86. The molecule has 7 heteroatoms. The average Bonchev–Trinajstić information content (AvgIpc) is 2.60. The van der Waals surface area contributed by atoms with Crippen LogP contribution in [0.2, 0.25) is 0 Å². The predicted octanol–water partition coefficient (Wildman–Crippen LogP) is 2.18. The molecule has 0 bridgehead atoms. The third kappa shape index (κ3) is 4.11. The molecule has 24 heavy (non-hydrogen) atoms. The number of nitrogens with one attached hydrogen (secondary N) is 1. The minimum Gasteiger partial charge on any atom is -0.317 e. The zero-order valence-electron chi connectivity index (χ0n) is 14.3. The number of rotatable bonds is 5. The van der Waals surface area contributed by atoms with Gasteiger partial charge < -0.3 is 5.32 Å². The normalized spacial score (nSPS) is 19.8. The van der Waals surface area contributed by atoms with Crippen LogP contribution in [0.5, 0.6) is 0 Å². The fraction of sp³-hybridized carbons (Fsp3) is 0.647. The van der Waals surface area contributed by atoms with E-state index in [-0.39, 0.29) is 18.4 Å². The highest BCUT2D eigenvalue weighted by Gasteiger charge is 2.36.